The molecular formula is C23H32N4O. The van der Waals surface area contributed by atoms with Crippen molar-refractivity contribution >= 4 is 11.6 Å². The lowest BCUT2D eigenvalue weighted by Crippen LogP contribution is -2.38. The quantitative estimate of drug-likeness (QED) is 0.486. The van der Waals surface area contributed by atoms with Crippen LogP contribution in [0.5, 0.6) is 0 Å². The molecule has 3 rings (SSSR count). The number of hydrogen-bond donors (Lipinski definition) is 3. The molecule has 0 amide bonds. The second kappa shape index (κ2) is 10.7. The van der Waals surface area contributed by atoms with Gasteiger partial charge in [0.05, 0.1) is 6.10 Å². The molecule has 1 saturated heterocycles. The molecule has 0 spiro atoms. The van der Waals surface area contributed by atoms with Gasteiger partial charge in [-0.1, -0.05) is 48.5 Å². The van der Waals surface area contributed by atoms with Gasteiger partial charge >= 0.3 is 0 Å². The molecule has 0 radical (unpaired) electrons. The molecule has 5 heteroatoms. The smallest absolute Gasteiger partial charge is 0.191 e. The lowest BCUT2D eigenvalue weighted by Gasteiger charge is -2.18. The van der Waals surface area contributed by atoms with Crippen LogP contribution < -0.4 is 15.5 Å². The molecular weight excluding hydrogens is 348 g/mol. The summed E-state index contributed by atoms with van der Waals surface area (Å²) in [5, 5.41) is 17.0. The monoisotopic (exact) mass is 380 g/mol. The zero-order valence-electron chi connectivity index (χ0n) is 16.7. The van der Waals surface area contributed by atoms with Crippen LogP contribution in [0.25, 0.3) is 0 Å². The SMILES string of the molecule is CCNC(=NCC1CCN(c2ccccc2)C1)NCCC(O)c1ccccc1. The maximum atomic E-state index is 10.3. The summed E-state index contributed by atoms with van der Waals surface area (Å²) in [5.74, 6) is 1.41. The number of nitrogens with one attached hydrogen (secondary N) is 2. The Balaban J connectivity index is 1.45. The summed E-state index contributed by atoms with van der Waals surface area (Å²) in [6.45, 7) is 6.55. The van der Waals surface area contributed by atoms with E-state index in [-0.39, 0.29) is 0 Å². The average molecular weight is 381 g/mol. The van der Waals surface area contributed by atoms with E-state index in [9.17, 15) is 5.11 Å². The van der Waals surface area contributed by atoms with Crippen LogP contribution in [-0.4, -0.2) is 43.8 Å². The summed E-state index contributed by atoms with van der Waals surface area (Å²) in [6.07, 6.45) is 1.37. The predicted molar refractivity (Wildman–Crippen MR) is 117 cm³/mol. The highest BCUT2D eigenvalue weighted by atomic mass is 16.3. The third-order valence-electron chi connectivity index (χ3n) is 5.15. The number of benzene rings is 2. The molecule has 0 aromatic heterocycles. The molecule has 28 heavy (non-hydrogen) atoms. The summed E-state index contributed by atoms with van der Waals surface area (Å²) in [7, 11) is 0. The number of aliphatic imine (C=N–C) groups is 1. The van der Waals surface area contributed by atoms with Crippen molar-refractivity contribution in [1.82, 2.24) is 10.6 Å². The van der Waals surface area contributed by atoms with Gasteiger partial charge in [-0.25, -0.2) is 0 Å². The fraction of sp³-hybridized carbons (Fsp3) is 0.435. The Morgan fingerprint density at radius 3 is 2.54 bits per heavy atom. The van der Waals surface area contributed by atoms with Crippen LogP contribution in [0, 0.1) is 5.92 Å². The van der Waals surface area contributed by atoms with E-state index in [1.54, 1.807) is 0 Å². The summed E-state index contributed by atoms with van der Waals surface area (Å²) in [6, 6.07) is 20.4. The summed E-state index contributed by atoms with van der Waals surface area (Å²) in [5.41, 5.74) is 2.26. The van der Waals surface area contributed by atoms with Crippen molar-refractivity contribution in [2.24, 2.45) is 10.9 Å². The first kappa shape index (κ1) is 20.2. The number of rotatable bonds is 8. The number of anilines is 1. The van der Waals surface area contributed by atoms with Crippen molar-refractivity contribution < 1.29 is 5.11 Å². The molecule has 2 atom stereocenters. The minimum atomic E-state index is -0.453. The highest BCUT2D eigenvalue weighted by Gasteiger charge is 2.22. The van der Waals surface area contributed by atoms with Gasteiger partial charge in [-0.3, -0.25) is 4.99 Å². The molecule has 1 aliphatic rings. The van der Waals surface area contributed by atoms with Crippen molar-refractivity contribution in [2.45, 2.75) is 25.9 Å². The van der Waals surface area contributed by atoms with E-state index in [4.69, 9.17) is 4.99 Å². The van der Waals surface area contributed by atoms with Crippen LogP contribution in [0.15, 0.2) is 65.7 Å². The maximum absolute atomic E-state index is 10.3. The van der Waals surface area contributed by atoms with Gasteiger partial charge in [0.2, 0.25) is 0 Å². The molecule has 1 aliphatic heterocycles. The highest BCUT2D eigenvalue weighted by Crippen LogP contribution is 2.23. The van der Waals surface area contributed by atoms with Crippen molar-refractivity contribution in [3.05, 3.63) is 66.2 Å². The third-order valence-corrected chi connectivity index (χ3v) is 5.15. The molecule has 3 N–H and O–H groups in total. The second-order valence-electron chi connectivity index (χ2n) is 7.30. The van der Waals surface area contributed by atoms with Gasteiger partial charge in [-0.05, 0) is 43.4 Å². The van der Waals surface area contributed by atoms with E-state index in [0.29, 0.717) is 18.9 Å². The Morgan fingerprint density at radius 1 is 1.11 bits per heavy atom. The van der Waals surface area contributed by atoms with Gasteiger partial charge in [0.15, 0.2) is 5.96 Å². The molecule has 1 heterocycles. The number of aliphatic hydroxyl groups excluding tert-OH is 1. The van der Waals surface area contributed by atoms with Gasteiger partial charge in [-0.2, -0.15) is 0 Å². The summed E-state index contributed by atoms with van der Waals surface area (Å²) < 4.78 is 0. The van der Waals surface area contributed by atoms with E-state index >= 15 is 0 Å². The first-order valence-corrected chi connectivity index (χ1v) is 10.3. The zero-order chi connectivity index (χ0) is 19.6. The average Bonchev–Trinajstić information content (AvgIpc) is 3.22. The van der Waals surface area contributed by atoms with Crippen LogP contribution in [0.2, 0.25) is 0 Å². The molecule has 2 unspecified atom stereocenters. The molecule has 0 aliphatic carbocycles. The third kappa shape index (κ3) is 5.99. The number of nitrogens with zero attached hydrogens (tertiary/aromatic N) is 2. The molecule has 2 aromatic rings. The van der Waals surface area contributed by atoms with Crippen LogP contribution in [0.4, 0.5) is 5.69 Å². The van der Waals surface area contributed by atoms with Crippen LogP contribution in [-0.2, 0) is 0 Å². The maximum Gasteiger partial charge on any atom is 0.191 e. The number of hydrogen-bond acceptors (Lipinski definition) is 3. The standard InChI is InChI=1S/C23H32N4O/c1-2-24-23(25-15-13-22(28)20-9-5-3-6-10-20)26-17-19-14-16-27(18-19)21-11-7-4-8-12-21/h3-12,19,22,28H,2,13-18H2,1H3,(H2,24,25,26). The van der Waals surface area contributed by atoms with Gasteiger partial charge in [0, 0.05) is 38.4 Å². The lowest BCUT2D eigenvalue weighted by molar-refractivity contribution is 0.168. The Labute approximate surface area is 168 Å². The van der Waals surface area contributed by atoms with Crippen molar-refractivity contribution in [1.29, 1.82) is 0 Å². The van der Waals surface area contributed by atoms with Gasteiger partial charge in [0.1, 0.15) is 0 Å². The van der Waals surface area contributed by atoms with Crippen LogP contribution in [0.3, 0.4) is 0 Å². The Kier molecular flexibility index (Phi) is 7.73. The van der Waals surface area contributed by atoms with E-state index in [1.165, 1.54) is 12.1 Å². The van der Waals surface area contributed by atoms with Crippen molar-refractivity contribution in [3.8, 4) is 0 Å². The van der Waals surface area contributed by atoms with Crippen molar-refractivity contribution in [2.75, 3.05) is 37.6 Å². The Hall–Kier alpha value is -2.53. The number of guanidine groups is 1. The van der Waals surface area contributed by atoms with Crippen LogP contribution >= 0.6 is 0 Å². The van der Waals surface area contributed by atoms with Gasteiger partial charge in [0.25, 0.3) is 0 Å². The molecule has 0 saturated carbocycles. The largest absolute Gasteiger partial charge is 0.388 e. The molecule has 2 aromatic carbocycles. The Bertz CT molecular complexity index is 720. The fourth-order valence-electron chi connectivity index (χ4n) is 3.59. The highest BCUT2D eigenvalue weighted by molar-refractivity contribution is 5.79. The van der Waals surface area contributed by atoms with E-state index in [0.717, 1.165) is 37.7 Å². The van der Waals surface area contributed by atoms with Gasteiger partial charge < -0.3 is 20.6 Å². The Morgan fingerprint density at radius 2 is 1.82 bits per heavy atom. The topological polar surface area (TPSA) is 59.9 Å². The van der Waals surface area contributed by atoms with Crippen LogP contribution in [0.1, 0.15) is 31.4 Å². The molecule has 1 fully saturated rings. The second-order valence-corrected chi connectivity index (χ2v) is 7.30. The summed E-state index contributed by atoms with van der Waals surface area (Å²) in [4.78, 5) is 7.22. The predicted octanol–water partition coefficient (Wildman–Crippen LogP) is 3.19. The zero-order valence-corrected chi connectivity index (χ0v) is 16.7. The fourth-order valence-corrected chi connectivity index (χ4v) is 3.59. The first-order chi connectivity index (χ1) is 13.8. The normalized spacial score (nSPS) is 18.1. The van der Waals surface area contributed by atoms with E-state index in [1.807, 2.05) is 30.3 Å². The van der Waals surface area contributed by atoms with E-state index in [2.05, 4.69) is 52.8 Å². The molecule has 150 valence electrons. The van der Waals surface area contributed by atoms with E-state index < -0.39 is 6.10 Å². The van der Waals surface area contributed by atoms with Gasteiger partial charge in [-0.15, -0.1) is 0 Å². The first-order valence-electron chi connectivity index (χ1n) is 10.3. The summed E-state index contributed by atoms with van der Waals surface area (Å²) >= 11 is 0. The minimum absolute atomic E-state index is 0.453. The number of aliphatic hydroxyl groups is 1. The molecule has 5 nitrogen and oxygen atoms in total. The minimum Gasteiger partial charge on any atom is -0.388 e. The lowest BCUT2D eigenvalue weighted by atomic mass is 10.1. The number of para-hydroxylation sites is 1. The molecule has 0 bridgehead atoms. The van der Waals surface area contributed by atoms with Crippen molar-refractivity contribution in [3.63, 3.8) is 0 Å².